The molecular formula is C14H14F3NO6. The van der Waals surface area contributed by atoms with Crippen molar-refractivity contribution in [3.63, 3.8) is 0 Å². The van der Waals surface area contributed by atoms with Gasteiger partial charge in [0.05, 0.1) is 29.3 Å². The van der Waals surface area contributed by atoms with E-state index in [1.807, 2.05) is 0 Å². The molecule has 0 aliphatic carbocycles. The number of hydrogen-bond donors (Lipinski definition) is 0. The van der Waals surface area contributed by atoms with E-state index in [1.165, 1.54) is 13.8 Å². The Morgan fingerprint density at radius 3 is 2.04 bits per heavy atom. The number of carbonyl (C=O) groups is 2. The molecule has 24 heavy (non-hydrogen) atoms. The van der Waals surface area contributed by atoms with Crippen LogP contribution in [0, 0.1) is 10.1 Å². The molecule has 0 fully saturated rings. The van der Waals surface area contributed by atoms with Crippen LogP contribution in [0.4, 0.5) is 18.9 Å². The number of rotatable bonds is 6. The van der Waals surface area contributed by atoms with E-state index < -0.39 is 45.8 Å². The maximum atomic E-state index is 12.9. The van der Waals surface area contributed by atoms with Gasteiger partial charge >= 0.3 is 18.1 Å². The molecule has 0 radical (unpaired) electrons. The predicted molar refractivity (Wildman–Crippen MR) is 74.1 cm³/mol. The van der Waals surface area contributed by atoms with Crippen LogP contribution >= 0.6 is 0 Å². The first-order valence-electron chi connectivity index (χ1n) is 6.82. The van der Waals surface area contributed by atoms with Crippen molar-refractivity contribution in [3.8, 4) is 0 Å². The Bertz CT molecular complexity index is 626. The summed E-state index contributed by atoms with van der Waals surface area (Å²) in [7, 11) is 0. The van der Waals surface area contributed by atoms with Crippen LogP contribution in [-0.4, -0.2) is 30.1 Å². The summed E-state index contributed by atoms with van der Waals surface area (Å²) in [5.41, 5.74) is -2.78. The molecule has 0 atom stereocenters. The molecule has 0 amide bonds. The molecule has 0 aliphatic rings. The van der Waals surface area contributed by atoms with Gasteiger partial charge < -0.3 is 9.47 Å². The van der Waals surface area contributed by atoms with Crippen molar-refractivity contribution in [1.29, 1.82) is 0 Å². The van der Waals surface area contributed by atoms with Crippen molar-refractivity contribution in [2.24, 2.45) is 0 Å². The number of carbonyl (C=O) groups excluding carboxylic acids is 2. The SMILES string of the molecule is CCOC(=O)C(C(=O)OCC)c1cc(C(F)(F)F)ccc1[N+](=O)[O-]. The molecule has 7 nitrogen and oxygen atoms in total. The summed E-state index contributed by atoms with van der Waals surface area (Å²) in [6.45, 7) is 2.50. The third kappa shape index (κ3) is 4.43. The second kappa shape index (κ2) is 7.75. The lowest BCUT2D eigenvalue weighted by molar-refractivity contribution is -0.385. The van der Waals surface area contributed by atoms with Crippen LogP contribution < -0.4 is 0 Å². The maximum absolute atomic E-state index is 12.9. The largest absolute Gasteiger partial charge is 0.465 e. The Morgan fingerprint density at radius 2 is 1.67 bits per heavy atom. The lowest BCUT2D eigenvalue weighted by Crippen LogP contribution is -2.27. The molecular weight excluding hydrogens is 335 g/mol. The molecule has 0 bridgehead atoms. The first-order valence-corrected chi connectivity index (χ1v) is 6.82. The van der Waals surface area contributed by atoms with Gasteiger partial charge in [-0.3, -0.25) is 19.7 Å². The van der Waals surface area contributed by atoms with Crippen molar-refractivity contribution in [2.75, 3.05) is 13.2 Å². The summed E-state index contributed by atoms with van der Waals surface area (Å²) >= 11 is 0. The third-order valence-electron chi connectivity index (χ3n) is 2.91. The number of alkyl halides is 3. The van der Waals surface area contributed by atoms with E-state index in [0.29, 0.717) is 18.2 Å². The fourth-order valence-corrected chi connectivity index (χ4v) is 1.93. The number of halogens is 3. The van der Waals surface area contributed by atoms with Gasteiger partial charge in [0.1, 0.15) is 0 Å². The molecule has 10 heteroatoms. The van der Waals surface area contributed by atoms with Crippen LogP contribution in [0.5, 0.6) is 0 Å². The number of nitro benzene ring substituents is 1. The average Bonchev–Trinajstić information content (AvgIpc) is 2.46. The molecule has 0 aliphatic heterocycles. The molecule has 0 saturated heterocycles. The zero-order valence-electron chi connectivity index (χ0n) is 12.8. The molecule has 132 valence electrons. The van der Waals surface area contributed by atoms with Crippen molar-refractivity contribution >= 4 is 17.6 Å². The Morgan fingerprint density at radius 1 is 1.17 bits per heavy atom. The highest BCUT2D eigenvalue weighted by Gasteiger charge is 2.40. The monoisotopic (exact) mass is 349 g/mol. The molecule has 0 unspecified atom stereocenters. The smallest absolute Gasteiger partial charge is 0.416 e. The molecule has 1 rings (SSSR count). The number of hydrogen-bond acceptors (Lipinski definition) is 6. The van der Waals surface area contributed by atoms with E-state index >= 15 is 0 Å². The number of ether oxygens (including phenoxy) is 2. The van der Waals surface area contributed by atoms with Gasteiger partial charge in [0.15, 0.2) is 5.92 Å². The number of nitro groups is 1. The van der Waals surface area contributed by atoms with Gasteiger partial charge in [-0.25, -0.2) is 0 Å². The van der Waals surface area contributed by atoms with E-state index in [1.54, 1.807) is 0 Å². The highest BCUT2D eigenvalue weighted by molar-refractivity contribution is 6.01. The minimum Gasteiger partial charge on any atom is -0.465 e. The summed E-state index contributed by atoms with van der Waals surface area (Å²) in [6.07, 6.45) is -4.81. The van der Waals surface area contributed by atoms with Crippen LogP contribution in [0.25, 0.3) is 0 Å². The minimum atomic E-state index is -4.81. The van der Waals surface area contributed by atoms with Gasteiger partial charge in [-0.15, -0.1) is 0 Å². The summed E-state index contributed by atoms with van der Waals surface area (Å²) in [4.78, 5) is 34.0. The molecule has 0 spiro atoms. The number of benzene rings is 1. The fourth-order valence-electron chi connectivity index (χ4n) is 1.93. The Kier molecular flexibility index (Phi) is 6.27. The quantitative estimate of drug-likeness (QED) is 0.339. The third-order valence-corrected chi connectivity index (χ3v) is 2.91. The average molecular weight is 349 g/mol. The Balaban J connectivity index is 3.55. The number of esters is 2. The predicted octanol–water partition coefficient (Wildman–Crippen LogP) is 2.82. The van der Waals surface area contributed by atoms with Gasteiger partial charge in [-0.1, -0.05) is 0 Å². The molecule has 0 aromatic heterocycles. The summed E-state index contributed by atoms with van der Waals surface area (Å²) < 4.78 is 47.9. The fraction of sp³-hybridized carbons (Fsp3) is 0.429. The van der Waals surface area contributed by atoms with Crippen LogP contribution in [0.15, 0.2) is 18.2 Å². The van der Waals surface area contributed by atoms with Gasteiger partial charge in [0, 0.05) is 6.07 Å². The van der Waals surface area contributed by atoms with Crippen molar-refractivity contribution in [3.05, 3.63) is 39.4 Å². The van der Waals surface area contributed by atoms with E-state index in [-0.39, 0.29) is 13.2 Å². The van der Waals surface area contributed by atoms with Gasteiger partial charge in [0.25, 0.3) is 5.69 Å². The first-order chi connectivity index (χ1) is 11.1. The topological polar surface area (TPSA) is 95.7 Å². The van der Waals surface area contributed by atoms with E-state index in [2.05, 4.69) is 9.47 Å². The zero-order chi connectivity index (χ0) is 18.5. The summed E-state index contributed by atoms with van der Waals surface area (Å²) in [5.74, 6) is -4.43. The van der Waals surface area contributed by atoms with Gasteiger partial charge in [0.2, 0.25) is 0 Å². The van der Waals surface area contributed by atoms with E-state index in [0.717, 1.165) is 0 Å². The molecule has 0 saturated carbocycles. The lowest BCUT2D eigenvalue weighted by Gasteiger charge is -2.16. The van der Waals surface area contributed by atoms with E-state index in [4.69, 9.17) is 0 Å². The minimum absolute atomic E-state index is 0.165. The Hall–Kier alpha value is -2.65. The molecule has 0 heterocycles. The highest BCUT2D eigenvalue weighted by Crippen LogP contribution is 2.36. The normalized spacial score (nSPS) is 11.2. The second-order valence-electron chi connectivity index (χ2n) is 4.47. The zero-order valence-corrected chi connectivity index (χ0v) is 12.8. The van der Waals surface area contributed by atoms with Crippen molar-refractivity contribution < 1.29 is 37.2 Å². The molecule has 1 aromatic rings. The maximum Gasteiger partial charge on any atom is 0.416 e. The van der Waals surface area contributed by atoms with Crippen LogP contribution in [0.2, 0.25) is 0 Å². The van der Waals surface area contributed by atoms with Crippen LogP contribution in [0.3, 0.4) is 0 Å². The van der Waals surface area contributed by atoms with Crippen molar-refractivity contribution in [2.45, 2.75) is 25.9 Å². The van der Waals surface area contributed by atoms with E-state index in [9.17, 15) is 32.9 Å². The number of nitrogens with zero attached hydrogens (tertiary/aromatic N) is 1. The van der Waals surface area contributed by atoms with Crippen LogP contribution in [0.1, 0.15) is 30.9 Å². The van der Waals surface area contributed by atoms with Gasteiger partial charge in [-0.2, -0.15) is 13.2 Å². The summed E-state index contributed by atoms with van der Waals surface area (Å²) in [5, 5.41) is 11.1. The second-order valence-corrected chi connectivity index (χ2v) is 4.47. The van der Waals surface area contributed by atoms with Gasteiger partial charge in [-0.05, 0) is 26.0 Å². The Labute approximate surface area is 134 Å². The lowest BCUT2D eigenvalue weighted by atomic mass is 9.95. The molecule has 1 aromatic carbocycles. The first kappa shape index (κ1) is 19.4. The molecule has 0 N–H and O–H groups in total. The highest BCUT2D eigenvalue weighted by atomic mass is 19.4. The van der Waals surface area contributed by atoms with Crippen LogP contribution in [-0.2, 0) is 25.2 Å². The summed E-state index contributed by atoms with van der Waals surface area (Å²) in [6, 6.07) is 1.47. The standard InChI is InChI=1S/C14H14F3NO6/c1-3-23-12(19)11(13(20)24-4-2)9-7-8(14(15,16)17)5-6-10(9)18(21)22/h5-7,11H,3-4H2,1-2H3. The van der Waals surface area contributed by atoms with Crippen molar-refractivity contribution in [1.82, 2.24) is 0 Å².